The highest BCUT2D eigenvalue weighted by atomic mass is 127. The fourth-order valence-electron chi connectivity index (χ4n) is 0.654. The first-order valence-electron chi connectivity index (χ1n) is 2.87. The Bertz CT molecular complexity index is 359. The van der Waals surface area contributed by atoms with Gasteiger partial charge < -0.3 is 3.07 Å². The standard InChI is InChI=1S/C6H4ClIO3S/c7-12(9,10)6-3-1-5(11-8)2-4-6/h1-4H. The van der Waals surface area contributed by atoms with Gasteiger partial charge in [-0.25, -0.2) is 8.42 Å². The lowest BCUT2D eigenvalue weighted by molar-refractivity contribution is 0.609. The first-order valence-corrected chi connectivity index (χ1v) is 6.06. The molecule has 66 valence electrons. The summed E-state index contributed by atoms with van der Waals surface area (Å²) in [6.07, 6.45) is 0. The second-order valence-corrected chi connectivity index (χ2v) is 4.99. The van der Waals surface area contributed by atoms with Crippen LogP contribution < -0.4 is 3.07 Å². The first kappa shape index (κ1) is 10.1. The Morgan fingerprint density at radius 1 is 1.25 bits per heavy atom. The molecular formula is C6H4ClIO3S. The SMILES string of the molecule is O=S(=O)(Cl)c1ccc(OI)cc1. The van der Waals surface area contributed by atoms with Gasteiger partial charge in [0.05, 0.1) is 4.90 Å². The number of hydrogen-bond donors (Lipinski definition) is 0. The summed E-state index contributed by atoms with van der Waals surface area (Å²) in [4.78, 5) is 0.0707. The highest BCUT2D eigenvalue weighted by Crippen LogP contribution is 2.19. The van der Waals surface area contributed by atoms with Crippen molar-refractivity contribution in [3.05, 3.63) is 24.3 Å². The average Bonchev–Trinajstić information content (AvgIpc) is 2.03. The molecular weight excluding hydrogens is 314 g/mol. The van der Waals surface area contributed by atoms with Crippen molar-refractivity contribution in [1.29, 1.82) is 0 Å². The monoisotopic (exact) mass is 318 g/mol. The van der Waals surface area contributed by atoms with Crippen LogP contribution in [-0.4, -0.2) is 8.42 Å². The van der Waals surface area contributed by atoms with Crippen molar-refractivity contribution in [2.45, 2.75) is 4.90 Å². The van der Waals surface area contributed by atoms with Gasteiger partial charge in [-0.15, -0.1) is 0 Å². The molecule has 1 aromatic rings. The van der Waals surface area contributed by atoms with Gasteiger partial charge in [-0.05, 0) is 24.3 Å². The van der Waals surface area contributed by atoms with E-state index in [9.17, 15) is 8.42 Å². The van der Waals surface area contributed by atoms with E-state index in [0.717, 1.165) is 0 Å². The molecule has 0 spiro atoms. The largest absolute Gasteiger partial charge is 0.428 e. The van der Waals surface area contributed by atoms with E-state index in [4.69, 9.17) is 13.7 Å². The Morgan fingerprint density at radius 3 is 2.08 bits per heavy atom. The number of benzene rings is 1. The van der Waals surface area contributed by atoms with Gasteiger partial charge in [0.1, 0.15) is 5.75 Å². The second kappa shape index (κ2) is 3.80. The van der Waals surface area contributed by atoms with E-state index in [2.05, 4.69) is 0 Å². The number of halogens is 2. The smallest absolute Gasteiger partial charge is 0.261 e. The average molecular weight is 319 g/mol. The van der Waals surface area contributed by atoms with Crippen molar-refractivity contribution in [2.75, 3.05) is 0 Å². The normalized spacial score (nSPS) is 11.2. The molecule has 1 rings (SSSR count). The van der Waals surface area contributed by atoms with E-state index in [1.807, 2.05) is 0 Å². The number of hydrogen-bond acceptors (Lipinski definition) is 3. The van der Waals surface area contributed by atoms with E-state index < -0.39 is 9.05 Å². The Kier molecular flexibility index (Phi) is 3.19. The molecule has 0 saturated heterocycles. The molecule has 0 aromatic heterocycles. The van der Waals surface area contributed by atoms with Crippen LogP contribution in [0.3, 0.4) is 0 Å². The highest BCUT2D eigenvalue weighted by Gasteiger charge is 2.08. The Balaban J connectivity index is 3.09. The molecule has 0 aliphatic carbocycles. The number of rotatable bonds is 2. The van der Waals surface area contributed by atoms with Crippen LogP contribution in [0, 0.1) is 0 Å². The summed E-state index contributed by atoms with van der Waals surface area (Å²) < 4.78 is 26.3. The van der Waals surface area contributed by atoms with E-state index >= 15 is 0 Å². The molecule has 0 N–H and O–H groups in total. The lowest BCUT2D eigenvalue weighted by Crippen LogP contribution is -1.89. The topological polar surface area (TPSA) is 43.4 Å². The minimum atomic E-state index is -3.61. The predicted molar refractivity (Wildman–Crippen MR) is 54.1 cm³/mol. The van der Waals surface area contributed by atoms with Crippen molar-refractivity contribution < 1.29 is 11.5 Å². The van der Waals surface area contributed by atoms with Crippen LogP contribution in [0.15, 0.2) is 29.2 Å². The van der Waals surface area contributed by atoms with Crippen molar-refractivity contribution in [3.8, 4) is 5.75 Å². The van der Waals surface area contributed by atoms with Gasteiger partial charge in [0.25, 0.3) is 9.05 Å². The highest BCUT2D eigenvalue weighted by molar-refractivity contribution is 14.1. The summed E-state index contributed by atoms with van der Waals surface area (Å²) in [5, 5.41) is 0. The summed E-state index contributed by atoms with van der Waals surface area (Å²) in [6, 6.07) is 5.83. The minimum Gasteiger partial charge on any atom is -0.428 e. The lowest BCUT2D eigenvalue weighted by Gasteiger charge is -1.97. The molecule has 0 bridgehead atoms. The van der Waals surface area contributed by atoms with Crippen LogP contribution in [0.5, 0.6) is 5.75 Å². The first-order chi connectivity index (χ1) is 5.54. The molecule has 0 aliphatic rings. The molecule has 0 atom stereocenters. The summed E-state index contributed by atoms with van der Waals surface area (Å²) in [7, 11) is 1.47. The molecule has 0 fully saturated rings. The van der Waals surface area contributed by atoms with Gasteiger partial charge in [-0.1, -0.05) is 0 Å². The summed E-state index contributed by atoms with van der Waals surface area (Å²) in [6.45, 7) is 0. The Hall–Kier alpha value is -0.0100. The molecule has 1 aromatic carbocycles. The molecule has 0 heterocycles. The third kappa shape index (κ3) is 2.49. The molecule has 6 heteroatoms. The maximum absolute atomic E-state index is 10.8. The fourth-order valence-corrected chi connectivity index (χ4v) is 1.72. The zero-order chi connectivity index (χ0) is 9.19. The van der Waals surface area contributed by atoms with Gasteiger partial charge in [-0.3, -0.25) is 0 Å². The zero-order valence-electron chi connectivity index (χ0n) is 5.70. The maximum Gasteiger partial charge on any atom is 0.261 e. The van der Waals surface area contributed by atoms with Crippen LogP contribution >= 0.6 is 33.7 Å². The van der Waals surface area contributed by atoms with Gasteiger partial charge in [0, 0.05) is 10.7 Å². The minimum absolute atomic E-state index is 0.0707. The van der Waals surface area contributed by atoms with Gasteiger partial charge in [0.15, 0.2) is 23.0 Å². The maximum atomic E-state index is 10.8. The van der Waals surface area contributed by atoms with Crippen molar-refractivity contribution in [2.24, 2.45) is 0 Å². The van der Waals surface area contributed by atoms with E-state index in [-0.39, 0.29) is 4.90 Å². The third-order valence-electron chi connectivity index (χ3n) is 1.19. The molecule has 12 heavy (non-hydrogen) atoms. The Morgan fingerprint density at radius 2 is 1.75 bits per heavy atom. The van der Waals surface area contributed by atoms with Crippen LogP contribution in [0.25, 0.3) is 0 Å². The van der Waals surface area contributed by atoms with Gasteiger partial charge in [-0.2, -0.15) is 0 Å². The predicted octanol–water partition coefficient (Wildman–Crippen LogP) is 2.34. The van der Waals surface area contributed by atoms with Crippen molar-refractivity contribution in [3.63, 3.8) is 0 Å². The summed E-state index contributed by atoms with van der Waals surface area (Å²) in [5.41, 5.74) is 0. The molecule has 3 nitrogen and oxygen atoms in total. The van der Waals surface area contributed by atoms with E-state index in [0.29, 0.717) is 5.75 Å². The molecule has 0 aliphatic heterocycles. The molecule has 0 saturated carbocycles. The van der Waals surface area contributed by atoms with Crippen LogP contribution in [0.4, 0.5) is 0 Å². The summed E-state index contributed by atoms with van der Waals surface area (Å²) >= 11 is 1.70. The lowest BCUT2D eigenvalue weighted by atomic mass is 10.3. The Labute approximate surface area is 88.8 Å². The fraction of sp³-hybridized carbons (Fsp3) is 0. The van der Waals surface area contributed by atoms with Crippen LogP contribution in [0.2, 0.25) is 0 Å². The van der Waals surface area contributed by atoms with Crippen LogP contribution in [-0.2, 0) is 9.05 Å². The molecule has 0 unspecified atom stereocenters. The van der Waals surface area contributed by atoms with Crippen LogP contribution in [0.1, 0.15) is 0 Å². The van der Waals surface area contributed by atoms with E-state index in [1.165, 1.54) is 24.3 Å². The molecule has 0 amide bonds. The third-order valence-corrected chi connectivity index (χ3v) is 3.07. The molecule has 0 radical (unpaired) electrons. The van der Waals surface area contributed by atoms with E-state index in [1.54, 1.807) is 23.0 Å². The zero-order valence-corrected chi connectivity index (χ0v) is 9.43. The second-order valence-electron chi connectivity index (χ2n) is 1.99. The van der Waals surface area contributed by atoms with Crippen molar-refractivity contribution >= 4 is 42.7 Å². The summed E-state index contributed by atoms with van der Waals surface area (Å²) in [5.74, 6) is 0.583. The quantitative estimate of drug-likeness (QED) is 0.621. The van der Waals surface area contributed by atoms with Gasteiger partial charge in [0.2, 0.25) is 0 Å². The van der Waals surface area contributed by atoms with Gasteiger partial charge >= 0.3 is 0 Å². The van der Waals surface area contributed by atoms with Crippen molar-refractivity contribution in [1.82, 2.24) is 0 Å².